The number of carbonyl (C=O) groups excluding carboxylic acids is 3. The molecule has 1 atom stereocenters. The average molecular weight is 483 g/mol. The van der Waals surface area contributed by atoms with E-state index in [2.05, 4.69) is 10.1 Å². The van der Waals surface area contributed by atoms with Gasteiger partial charge in [-0.2, -0.15) is 8.78 Å². The van der Waals surface area contributed by atoms with E-state index >= 15 is 0 Å². The molecule has 0 radical (unpaired) electrons. The Hall–Kier alpha value is -3.96. The molecule has 0 aromatic heterocycles. The van der Waals surface area contributed by atoms with Crippen molar-refractivity contribution in [1.82, 2.24) is 5.32 Å². The highest BCUT2D eigenvalue weighted by Crippen LogP contribution is 2.43. The van der Waals surface area contributed by atoms with Crippen LogP contribution in [0.5, 0.6) is 5.75 Å². The number of halogens is 2. The fraction of sp³-hybridized carbons (Fsp3) is 0.364. The van der Waals surface area contributed by atoms with E-state index in [0.717, 1.165) is 0 Å². The minimum Gasteiger partial charge on any atom is -0.479 e. The van der Waals surface area contributed by atoms with Gasteiger partial charge in [0.2, 0.25) is 0 Å². The average Bonchev–Trinajstić information content (AvgIpc) is 2.75. The van der Waals surface area contributed by atoms with Crippen LogP contribution >= 0.6 is 0 Å². The molecular weight excluding hydrogens is 460 g/mol. The number of allylic oxidation sites excluding steroid dienone is 2. The second-order valence-corrected chi connectivity index (χ2v) is 6.90. The van der Waals surface area contributed by atoms with Crippen LogP contribution in [-0.4, -0.2) is 55.4 Å². The smallest absolute Gasteiger partial charge is 0.387 e. The van der Waals surface area contributed by atoms with Gasteiger partial charge in [-0.1, -0.05) is 18.2 Å². The molecule has 2 rings (SSSR count). The molecule has 1 unspecified atom stereocenters. The van der Waals surface area contributed by atoms with Crippen molar-refractivity contribution in [2.24, 2.45) is 0 Å². The zero-order valence-corrected chi connectivity index (χ0v) is 18.6. The number of nitrogens with one attached hydrogen (secondary N) is 1. The van der Waals surface area contributed by atoms with E-state index in [9.17, 15) is 28.0 Å². The molecule has 184 valence electrons. The largest absolute Gasteiger partial charge is 0.479 e. The number of carbonyl (C=O) groups is 4. The number of hydrogen-bond acceptors (Lipinski definition) is 9. The fourth-order valence-corrected chi connectivity index (χ4v) is 3.38. The number of carboxylic acid groups (broad SMARTS) is 1. The van der Waals surface area contributed by atoms with Gasteiger partial charge in [-0.25, -0.2) is 19.2 Å². The molecule has 0 aliphatic carbocycles. The Balaban J connectivity index is 2.58. The molecule has 12 heteroatoms. The number of aliphatic carboxylic acids is 1. The third kappa shape index (κ3) is 6.53. The summed E-state index contributed by atoms with van der Waals surface area (Å²) in [5.74, 6) is -6.05. The minimum atomic E-state index is -3.21. The van der Waals surface area contributed by atoms with E-state index in [-0.39, 0.29) is 40.5 Å². The molecule has 2 N–H and O–H groups in total. The third-order valence-electron chi connectivity index (χ3n) is 4.60. The maximum atomic E-state index is 13.1. The Kier molecular flexibility index (Phi) is 9.10. The van der Waals surface area contributed by atoms with Gasteiger partial charge in [-0.3, -0.25) is 0 Å². The van der Waals surface area contributed by atoms with Gasteiger partial charge in [0.15, 0.2) is 13.2 Å². The molecule has 0 saturated heterocycles. The Morgan fingerprint density at radius 3 is 2.06 bits per heavy atom. The van der Waals surface area contributed by atoms with Crippen molar-refractivity contribution in [3.05, 3.63) is 52.4 Å². The standard InChI is InChI=1S/C22H23F2NO9/c1-4-31-16(28)10-33-21(30)18-12(3)25-11(2)17(20(29)32-9-15(26)27)19(18)13-7-5-6-8-14(13)34-22(23)24/h5-8,19,22,25H,4,9-10H2,1-3H3,(H,26,27). The molecule has 1 aromatic carbocycles. The number of carboxylic acids is 1. The Morgan fingerprint density at radius 2 is 1.53 bits per heavy atom. The molecular formula is C22H23F2NO9. The molecule has 1 aromatic rings. The number of alkyl halides is 2. The van der Waals surface area contributed by atoms with Gasteiger partial charge in [0.1, 0.15) is 5.75 Å². The van der Waals surface area contributed by atoms with Crippen LogP contribution in [0.25, 0.3) is 0 Å². The molecule has 1 aliphatic rings. The first-order valence-electron chi connectivity index (χ1n) is 10.0. The van der Waals surface area contributed by atoms with E-state index < -0.39 is 49.6 Å². The van der Waals surface area contributed by atoms with Gasteiger partial charge in [0.25, 0.3) is 0 Å². The van der Waals surface area contributed by atoms with Crippen LogP contribution < -0.4 is 10.1 Å². The van der Waals surface area contributed by atoms with Crippen molar-refractivity contribution in [2.75, 3.05) is 19.8 Å². The zero-order valence-electron chi connectivity index (χ0n) is 18.6. The van der Waals surface area contributed by atoms with Crippen molar-refractivity contribution in [3.8, 4) is 5.75 Å². The third-order valence-corrected chi connectivity index (χ3v) is 4.60. The summed E-state index contributed by atoms with van der Waals surface area (Å²) in [6.07, 6.45) is 0. The molecule has 0 saturated carbocycles. The molecule has 1 aliphatic heterocycles. The molecule has 10 nitrogen and oxygen atoms in total. The number of dihydropyridines is 1. The lowest BCUT2D eigenvalue weighted by Crippen LogP contribution is -2.33. The Morgan fingerprint density at radius 1 is 0.971 bits per heavy atom. The van der Waals surface area contributed by atoms with Crippen LogP contribution in [0.4, 0.5) is 8.78 Å². The van der Waals surface area contributed by atoms with Gasteiger partial charge in [0, 0.05) is 17.0 Å². The maximum Gasteiger partial charge on any atom is 0.387 e. The first-order valence-corrected chi connectivity index (χ1v) is 10.0. The molecule has 34 heavy (non-hydrogen) atoms. The van der Waals surface area contributed by atoms with Gasteiger partial charge >= 0.3 is 30.5 Å². The number of esters is 3. The van der Waals surface area contributed by atoms with Crippen LogP contribution in [0.1, 0.15) is 32.3 Å². The molecule has 0 amide bonds. The minimum absolute atomic E-state index is 0.00615. The molecule has 0 spiro atoms. The van der Waals surface area contributed by atoms with Gasteiger partial charge in [-0.15, -0.1) is 0 Å². The molecule has 0 bridgehead atoms. The summed E-state index contributed by atoms with van der Waals surface area (Å²) < 4.78 is 45.3. The predicted molar refractivity (Wildman–Crippen MR) is 111 cm³/mol. The zero-order chi connectivity index (χ0) is 25.4. The van der Waals surface area contributed by atoms with Crippen LogP contribution in [0.3, 0.4) is 0 Å². The second-order valence-electron chi connectivity index (χ2n) is 6.90. The topological polar surface area (TPSA) is 137 Å². The number of rotatable bonds is 10. The van der Waals surface area contributed by atoms with Crippen molar-refractivity contribution in [2.45, 2.75) is 33.3 Å². The number of benzene rings is 1. The van der Waals surface area contributed by atoms with E-state index in [0.29, 0.717) is 0 Å². The lowest BCUT2D eigenvalue weighted by Gasteiger charge is -2.31. The SMILES string of the molecule is CCOC(=O)COC(=O)C1=C(C)NC(C)=C(C(=O)OCC(=O)O)C1c1ccccc1OC(F)F. The van der Waals surface area contributed by atoms with Crippen molar-refractivity contribution in [1.29, 1.82) is 0 Å². The van der Waals surface area contributed by atoms with E-state index in [1.165, 1.54) is 38.1 Å². The van der Waals surface area contributed by atoms with Gasteiger partial charge in [0.05, 0.1) is 23.7 Å². The van der Waals surface area contributed by atoms with E-state index in [1.54, 1.807) is 6.92 Å². The second kappa shape index (κ2) is 11.8. The first-order chi connectivity index (χ1) is 16.1. The number of hydrogen-bond donors (Lipinski definition) is 2. The highest BCUT2D eigenvalue weighted by Gasteiger charge is 2.40. The number of para-hydroxylation sites is 1. The monoisotopic (exact) mass is 483 g/mol. The fourth-order valence-electron chi connectivity index (χ4n) is 3.38. The normalized spacial score (nSPS) is 15.5. The molecule has 0 fully saturated rings. The summed E-state index contributed by atoms with van der Waals surface area (Å²) in [5, 5.41) is 11.7. The highest BCUT2D eigenvalue weighted by molar-refractivity contribution is 6.00. The van der Waals surface area contributed by atoms with Gasteiger partial charge < -0.3 is 29.4 Å². The molecule has 1 heterocycles. The van der Waals surface area contributed by atoms with E-state index in [1.807, 2.05) is 0 Å². The highest BCUT2D eigenvalue weighted by atomic mass is 19.3. The van der Waals surface area contributed by atoms with Gasteiger partial charge in [-0.05, 0) is 26.8 Å². The lowest BCUT2D eigenvalue weighted by atomic mass is 9.80. The maximum absolute atomic E-state index is 13.1. The van der Waals surface area contributed by atoms with E-state index in [4.69, 9.17) is 19.3 Å². The summed E-state index contributed by atoms with van der Waals surface area (Å²) in [4.78, 5) is 48.3. The summed E-state index contributed by atoms with van der Waals surface area (Å²) in [6, 6.07) is 5.46. The van der Waals surface area contributed by atoms with Crippen LogP contribution in [-0.2, 0) is 33.4 Å². The lowest BCUT2D eigenvalue weighted by molar-refractivity contribution is -0.156. The quantitative estimate of drug-likeness (QED) is 0.376. The summed E-state index contributed by atoms with van der Waals surface area (Å²) in [5.41, 5.74) is -0.0271. The Bertz CT molecular complexity index is 1030. The van der Waals surface area contributed by atoms with Crippen molar-refractivity contribution >= 4 is 23.9 Å². The van der Waals surface area contributed by atoms with Crippen LogP contribution in [0.15, 0.2) is 46.8 Å². The van der Waals surface area contributed by atoms with Crippen molar-refractivity contribution < 1.29 is 52.0 Å². The van der Waals surface area contributed by atoms with Crippen LogP contribution in [0.2, 0.25) is 0 Å². The predicted octanol–water partition coefficient (Wildman–Crippen LogP) is 2.26. The number of ether oxygens (including phenoxy) is 4. The van der Waals surface area contributed by atoms with Crippen LogP contribution in [0, 0.1) is 0 Å². The summed E-state index contributed by atoms with van der Waals surface area (Å²) >= 11 is 0. The summed E-state index contributed by atoms with van der Waals surface area (Å²) in [6.45, 7) is -0.341. The first kappa shape index (κ1) is 26.3. The van der Waals surface area contributed by atoms with Crippen molar-refractivity contribution in [3.63, 3.8) is 0 Å². The summed E-state index contributed by atoms with van der Waals surface area (Å²) in [7, 11) is 0. The Labute approximate surface area is 193 Å².